The van der Waals surface area contributed by atoms with Crippen LogP contribution in [0.4, 0.5) is 4.39 Å². The van der Waals surface area contributed by atoms with E-state index in [4.69, 9.17) is 16.6 Å². The molecule has 1 N–H and O–H groups in total. The molecule has 0 bridgehead atoms. The Labute approximate surface area is 168 Å². The molecular formula is C23H20ClFN2O. The number of fused-ring (bicyclic) bond motifs is 1. The largest absolute Gasteiger partial charge is 0.380 e. The standard InChI is InChI=1S/C23H20ClFN2O/c1-14-11-20-21(12-15(14)2)27(13-17-18(24)9-6-10-19(17)25)23(26-20)22(28)16-7-4-3-5-8-16/h3-12,22,28H,13H2,1-2H3. The molecule has 1 heterocycles. The number of hydrogen-bond acceptors (Lipinski definition) is 2. The summed E-state index contributed by atoms with van der Waals surface area (Å²) in [5.74, 6) is 0.0869. The number of aliphatic hydroxyl groups is 1. The summed E-state index contributed by atoms with van der Waals surface area (Å²) in [6, 6.07) is 18.0. The number of rotatable bonds is 4. The summed E-state index contributed by atoms with van der Waals surface area (Å²) in [6.45, 7) is 4.23. The first-order chi connectivity index (χ1) is 13.5. The zero-order valence-electron chi connectivity index (χ0n) is 15.7. The predicted molar refractivity (Wildman–Crippen MR) is 110 cm³/mol. The highest BCUT2D eigenvalue weighted by Crippen LogP contribution is 2.30. The van der Waals surface area contributed by atoms with Crippen LogP contribution in [0.1, 0.15) is 34.2 Å². The summed E-state index contributed by atoms with van der Waals surface area (Å²) in [4.78, 5) is 4.69. The summed E-state index contributed by atoms with van der Waals surface area (Å²) in [5.41, 5.74) is 4.93. The third kappa shape index (κ3) is 3.30. The van der Waals surface area contributed by atoms with E-state index in [9.17, 15) is 9.50 Å². The fraction of sp³-hybridized carbons (Fsp3) is 0.174. The fourth-order valence-electron chi connectivity index (χ4n) is 3.40. The van der Waals surface area contributed by atoms with Crippen molar-refractivity contribution in [2.45, 2.75) is 26.5 Å². The number of nitrogens with zero attached hydrogens (tertiary/aromatic N) is 2. The topological polar surface area (TPSA) is 38.1 Å². The highest BCUT2D eigenvalue weighted by atomic mass is 35.5. The van der Waals surface area contributed by atoms with Crippen molar-refractivity contribution in [2.24, 2.45) is 0 Å². The molecule has 4 aromatic rings. The average Bonchev–Trinajstić information content (AvgIpc) is 3.02. The first-order valence-corrected chi connectivity index (χ1v) is 9.47. The first kappa shape index (κ1) is 18.7. The van der Waals surface area contributed by atoms with E-state index in [2.05, 4.69) is 0 Å². The van der Waals surface area contributed by atoms with Gasteiger partial charge in [0.25, 0.3) is 0 Å². The van der Waals surface area contributed by atoms with Crippen LogP contribution >= 0.6 is 11.6 Å². The number of aryl methyl sites for hydroxylation is 2. The fourth-order valence-corrected chi connectivity index (χ4v) is 3.62. The van der Waals surface area contributed by atoms with E-state index in [1.807, 2.05) is 60.9 Å². The van der Waals surface area contributed by atoms with Crippen LogP contribution in [-0.4, -0.2) is 14.7 Å². The van der Waals surface area contributed by atoms with Gasteiger partial charge in [-0.3, -0.25) is 0 Å². The lowest BCUT2D eigenvalue weighted by molar-refractivity contribution is 0.206. The van der Waals surface area contributed by atoms with Gasteiger partial charge in [0, 0.05) is 10.6 Å². The Hall–Kier alpha value is -2.69. The van der Waals surface area contributed by atoms with Gasteiger partial charge in [0.05, 0.1) is 17.6 Å². The number of imidazole rings is 1. The van der Waals surface area contributed by atoms with Crippen molar-refractivity contribution < 1.29 is 9.50 Å². The van der Waals surface area contributed by atoms with E-state index < -0.39 is 6.10 Å². The Balaban J connectivity index is 1.92. The molecule has 0 fully saturated rings. The van der Waals surface area contributed by atoms with Gasteiger partial charge in [0.15, 0.2) is 0 Å². The molecule has 3 aromatic carbocycles. The Bertz CT molecular complexity index is 1130. The lowest BCUT2D eigenvalue weighted by Gasteiger charge is -2.16. The molecule has 1 atom stereocenters. The van der Waals surface area contributed by atoms with Crippen LogP contribution in [-0.2, 0) is 6.54 Å². The maximum absolute atomic E-state index is 14.5. The van der Waals surface area contributed by atoms with Crippen LogP contribution in [0.3, 0.4) is 0 Å². The Morgan fingerprint density at radius 2 is 1.75 bits per heavy atom. The molecule has 0 aliphatic carbocycles. The lowest BCUT2D eigenvalue weighted by atomic mass is 10.1. The van der Waals surface area contributed by atoms with Crippen LogP contribution in [0, 0.1) is 19.7 Å². The molecule has 0 saturated carbocycles. The summed E-state index contributed by atoms with van der Waals surface area (Å²) in [5, 5.41) is 11.4. The smallest absolute Gasteiger partial charge is 0.143 e. The minimum atomic E-state index is -0.931. The maximum atomic E-state index is 14.5. The molecule has 0 saturated heterocycles. The van der Waals surface area contributed by atoms with Crippen LogP contribution in [0.5, 0.6) is 0 Å². The van der Waals surface area contributed by atoms with Gasteiger partial charge in [-0.15, -0.1) is 0 Å². The number of benzene rings is 3. The molecule has 1 unspecified atom stereocenters. The quantitative estimate of drug-likeness (QED) is 0.491. The molecular weight excluding hydrogens is 375 g/mol. The van der Waals surface area contributed by atoms with Gasteiger partial charge in [-0.2, -0.15) is 0 Å². The molecule has 0 aliphatic heterocycles. The van der Waals surface area contributed by atoms with E-state index >= 15 is 0 Å². The molecule has 5 heteroatoms. The highest BCUT2D eigenvalue weighted by Gasteiger charge is 2.22. The molecule has 0 spiro atoms. The highest BCUT2D eigenvalue weighted by molar-refractivity contribution is 6.31. The summed E-state index contributed by atoms with van der Waals surface area (Å²) < 4.78 is 16.3. The van der Waals surface area contributed by atoms with Gasteiger partial charge in [-0.05, 0) is 54.8 Å². The monoisotopic (exact) mass is 394 g/mol. The summed E-state index contributed by atoms with van der Waals surface area (Å²) in [6.07, 6.45) is -0.931. The van der Waals surface area contributed by atoms with Crippen molar-refractivity contribution in [3.63, 3.8) is 0 Å². The Morgan fingerprint density at radius 3 is 2.46 bits per heavy atom. The summed E-state index contributed by atoms with van der Waals surface area (Å²) >= 11 is 6.27. The first-order valence-electron chi connectivity index (χ1n) is 9.09. The molecule has 1 aromatic heterocycles. The third-order valence-electron chi connectivity index (χ3n) is 5.13. The van der Waals surface area contributed by atoms with Crippen molar-refractivity contribution in [1.29, 1.82) is 0 Å². The van der Waals surface area contributed by atoms with Crippen LogP contribution in [0.25, 0.3) is 11.0 Å². The van der Waals surface area contributed by atoms with Gasteiger partial charge in [-0.25, -0.2) is 9.37 Å². The Kier molecular flexibility index (Phi) is 4.92. The average molecular weight is 395 g/mol. The van der Waals surface area contributed by atoms with Crippen molar-refractivity contribution in [1.82, 2.24) is 9.55 Å². The third-order valence-corrected chi connectivity index (χ3v) is 5.49. The van der Waals surface area contributed by atoms with E-state index in [1.54, 1.807) is 12.1 Å². The number of aromatic nitrogens is 2. The normalized spacial score (nSPS) is 12.5. The second-order valence-electron chi connectivity index (χ2n) is 6.99. The van der Waals surface area contributed by atoms with Crippen LogP contribution in [0.2, 0.25) is 5.02 Å². The number of aliphatic hydroxyl groups excluding tert-OH is 1. The number of hydrogen-bond donors (Lipinski definition) is 1. The van der Waals surface area contributed by atoms with E-state index in [-0.39, 0.29) is 12.4 Å². The van der Waals surface area contributed by atoms with Gasteiger partial charge < -0.3 is 9.67 Å². The van der Waals surface area contributed by atoms with Crippen LogP contribution in [0.15, 0.2) is 60.7 Å². The molecule has 3 nitrogen and oxygen atoms in total. The second kappa shape index (κ2) is 7.38. The SMILES string of the molecule is Cc1cc2nc(C(O)c3ccccc3)n(Cc3c(F)cccc3Cl)c2cc1C. The molecule has 4 rings (SSSR count). The minimum Gasteiger partial charge on any atom is -0.380 e. The Morgan fingerprint density at radius 1 is 1.04 bits per heavy atom. The molecule has 142 valence electrons. The van der Waals surface area contributed by atoms with Crippen molar-refractivity contribution in [2.75, 3.05) is 0 Å². The van der Waals surface area contributed by atoms with Crippen molar-refractivity contribution in [3.8, 4) is 0 Å². The van der Waals surface area contributed by atoms with E-state index in [0.29, 0.717) is 16.4 Å². The molecule has 0 aliphatic rings. The molecule has 0 amide bonds. The van der Waals surface area contributed by atoms with Crippen molar-refractivity contribution >= 4 is 22.6 Å². The summed E-state index contributed by atoms with van der Waals surface area (Å²) in [7, 11) is 0. The second-order valence-corrected chi connectivity index (χ2v) is 7.40. The van der Waals surface area contributed by atoms with Crippen molar-refractivity contribution in [3.05, 3.63) is 99.6 Å². The lowest BCUT2D eigenvalue weighted by Crippen LogP contribution is -2.12. The predicted octanol–water partition coefficient (Wildman–Crippen LogP) is 5.58. The van der Waals surface area contributed by atoms with Gasteiger partial charge in [0.2, 0.25) is 0 Å². The molecule has 28 heavy (non-hydrogen) atoms. The zero-order chi connectivity index (χ0) is 19.8. The van der Waals surface area contributed by atoms with Gasteiger partial charge >= 0.3 is 0 Å². The molecule has 0 radical (unpaired) electrons. The van der Waals surface area contributed by atoms with Gasteiger partial charge in [-0.1, -0.05) is 48.0 Å². The van der Waals surface area contributed by atoms with E-state index in [0.717, 1.165) is 27.7 Å². The van der Waals surface area contributed by atoms with E-state index in [1.165, 1.54) is 6.07 Å². The maximum Gasteiger partial charge on any atom is 0.143 e. The van der Waals surface area contributed by atoms with Gasteiger partial charge in [0.1, 0.15) is 17.7 Å². The zero-order valence-corrected chi connectivity index (χ0v) is 16.4. The number of halogens is 2. The van der Waals surface area contributed by atoms with Crippen LogP contribution < -0.4 is 0 Å². The minimum absolute atomic E-state index is 0.184.